The van der Waals surface area contributed by atoms with Gasteiger partial charge < -0.3 is 10.1 Å². The number of carbonyl (C=O) groups excluding carboxylic acids is 2. The number of ether oxygens (including phenoxy) is 1. The van der Waals surface area contributed by atoms with Gasteiger partial charge in [0.2, 0.25) is 0 Å². The highest BCUT2D eigenvalue weighted by atomic mass is 16.5. The van der Waals surface area contributed by atoms with Gasteiger partial charge in [-0.3, -0.25) is 10.1 Å². The van der Waals surface area contributed by atoms with E-state index < -0.39 is 11.9 Å². The van der Waals surface area contributed by atoms with Crippen LogP contribution in [0.2, 0.25) is 0 Å². The minimum Gasteiger partial charge on any atom is -0.491 e. The maximum atomic E-state index is 11.4. The molecule has 0 aromatic heterocycles. The lowest BCUT2D eigenvalue weighted by atomic mass is 10.2. The summed E-state index contributed by atoms with van der Waals surface area (Å²) in [6.07, 6.45) is 2.73. The second-order valence-corrected chi connectivity index (χ2v) is 4.37. The van der Waals surface area contributed by atoms with E-state index in [2.05, 4.69) is 17.6 Å². The Morgan fingerprint density at radius 1 is 1.21 bits per heavy atom. The van der Waals surface area contributed by atoms with E-state index in [0.29, 0.717) is 0 Å². The van der Waals surface area contributed by atoms with E-state index in [-0.39, 0.29) is 11.8 Å². The Labute approximate surface area is 111 Å². The molecule has 0 spiro atoms. The highest BCUT2D eigenvalue weighted by Gasteiger charge is 2.22. The zero-order valence-electron chi connectivity index (χ0n) is 10.9. The minimum atomic E-state index is -0.493. The summed E-state index contributed by atoms with van der Waals surface area (Å²) >= 11 is 0. The van der Waals surface area contributed by atoms with Gasteiger partial charge in [0.25, 0.3) is 5.91 Å². The SMILES string of the molecule is CCC(C)Oc1ccc(/C=C2/NC(=O)NC2=O)cc1. The fraction of sp³-hybridized carbons (Fsp3) is 0.286. The quantitative estimate of drug-likeness (QED) is 0.643. The summed E-state index contributed by atoms with van der Waals surface area (Å²) in [5.74, 6) is 0.376. The van der Waals surface area contributed by atoms with Crippen LogP contribution < -0.4 is 15.4 Å². The molecule has 1 heterocycles. The molecule has 3 amide bonds. The number of hydrogen-bond donors (Lipinski definition) is 2. The monoisotopic (exact) mass is 260 g/mol. The summed E-state index contributed by atoms with van der Waals surface area (Å²) in [6.45, 7) is 4.07. The van der Waals surface area contributed by atoms with E-state index in [1.807, 2.05) is 31.2 Å². The first-order valence-electron chi connectivity index (χ1n) is 6.19. The Morgan fingerprint density at radius 2 is 1.89 bits per heavy atom. The largest absolute Gasteiger partial charge is 0.491 e. The lowest BCUT2D eigenvalue weighted by Crippen LogP contribution is -2.22. The minimum absolute atomic E-state index is 0.170. The molecule has 1 atom stereocenters. The average Bonchev–Trinajstić information content (AvgIpc) is 2.70. The van der Waals surface area contributed by atoms with Gasteiger partial charge in [-0.1, -0.05) is 19.1 Å². The maximum absolute atomic E-state index is 11.4. The van der Waals surface area contributed by atoms with Crippen LogP contribution >= 0.6 is 0 Å². The predicted octanol–water partition coefficient (Wildman–Crippen LogP) is 2.04. The molecule has 0 saturated carbocycles. The van der Waals surface area contributed by atoms with Gasteiger partial charge in [0.15, 0.2) is 0 Å². The first kappa shape index (κ1) is 13.1. The fourth-order valence-corrected chi connectivity index (χ4v) is 1.61. The van der Waals surface area contributed by atoms with Crippen LogP contribution in [0, 0.1) is 0 Å². The number of nitrogens with one attached hydrogen (secondary N) is 2. The van der Waals surface area contributed by atoms with Gasteiger partial charge in [-0.2, -0.15) is 0 Å². The summed E-state index contributed by atoms with van der Waals surface area (Å²) in [5, 5.41) is 4.59. The smallest absolute Gasteiger partial charge is 0.326 e. The number of hydrogen-bond acceptors (Lipinski definition) is 3. The highest BCUT2D eigenvalue weighted by molar-refractivity contribution is 6.13. The predicted molar refractivity (Wildman–Crippen MR) is 71.5 cm³/mol. The van der Waals surface area contributed by atoms with E-state index in [4.69, 9.17) is 4.74 Å². The van der Waals surface area contributed by atoms with E-state index in [1.54, 1.807) is 6.08 Å². The zero-order valence-corrected chi connectivity index (χ0v) is 10.9. The second kappa shape index (κ2) is 5.56. The summed E-state index contributed by atoms with van der Waals surface area (Å²) in [5.41, 5.74) is 1.07. The van der Waals surface area contributed by atoms with Crippen molar-refractivity contribution in [2.45, 2.75) is 26.4 Å². The molecule has 1 aromatic rings. The number of rotatable bonds is 4. The van der Waals surface area contributed by atoms with Crippen LogP contribution in [0.25, 0.3) is 6.08 Å². The van der Waals surface area contributed by atoms with Gasteiger partial charge in [0.05, 0.1) is 6.10 Å². The third-order valence-corrected chi connectivity index (χ3v) is 2.82. The van der Waals surface area contributed by atoms with Crippen molar-refractivity contribution in [1.29, 1.82) is 0 Å². The van der Waals surface area contributed by atoms with Gasteiger partial charge >= 0.3 is 6.03 Å². The average molecular weight is 260 g/mol. The second-order valence-electron chi connectivity index (χ2n) is 4.37. The first-order chi connectivity index (χ1) is 9.08. The molecule has 2 N–H and O–H groups in total. The van der Waals surface area contributed by atoms with Crippen molar-refractivity contribution in [2.75, 3.05) is 0 Å². The number of carbonyl (C=O) groups is 2. The van der Waals surface area contributed by atoms with Crippen molar-refractivity contribution in [3.63, 3.8) is 0 Å². The topological polar surface area (TPSA) is 67.4 Å². The molecule has 5 heteroatoms. The van der Waals surface area contributed by atoms with Crippen molar-refractivity contribution in [3.8, 4) is 5.75 Å². The summed E-state index contributed by atoms with van der Waals surface area (Å²) in [6, 6.07) is 6.86. The molecule has 0 bridgehead atoms. The van der Waals surface area contributed by atoms with Crippen LogP contribution in [-0.2, 0) is 4.79 Å². The zero-order chi connectivity index (χ0) is 13.8. The van der Waals surface area contributed by atoms with E-state index in [0.717, 1.165) is 17.7 Å². The Kier molecular flexibility index (Phi) is 3.85. The van der Waals surface area contributed by atoms with E-state index in [1.165, 1.54) is 0 Å². The Bertz CT molecular complexity index is 520. The lowest BCUT2D eigenvalue weighted by molar-refractivity contribution is -0.115. The van der Waals surface area contributed by atoms with Crippen LogP contribution in [0.5, 0.6) is 5.75 Å². The third-order valence-electron chi connectivity index (χ3n) is 2.82. The molecule has 1 aliphatic rings. The summed E-state index contributed by atoms with van der Waals surface area (Å²) in [4.78, 5) is 22.3. The Hall–Kier alpha value is -2.30. The van der Waals surface area contributed by atoms with Crippen molar-refractivity contribution in [1.82, 2.24) is 10.6 Å². The normalized spacial score (nSPS) is 18.1. The molecule has 19 heavy (non-hydrogen) atoms. The molecule has 0 radical (unpaired) electrons. The lowest BCUT2D eigenvalue weighted by Gasteiger charge is -2.12. The molecule has 1 unspecified atom stereocenters. The molecule has 1 saturated heterocycles. The third kappa shape index (κ3) is 3.34. The Morgan fingerprint density at radius 3 is 2.42 bits per heavy atom. The Balaban J connectivity index is 2.09. The van der Waals surface area contributed by atoms with Crippen molar-refractivity contribution < 1.29 is 14.3 Å². The van der Waals surface area contributed by atoms with E-state index >= 15 is 0 Å². The molecular formula is C14H16N2O3. The number of benzene rings is 1. The van der Waals surface area contributed by atoms with E-state index in [9.17, 15) is 9.59 Å². The molecule has 0 aliphatic carbocycles. The molecule has 1 aliphatic heterocycles. The molecule has 1 fully saturated rings. The molecule has 100 valence electrons. The van der Waals surface area contributed by atoms with Crippen LogP contribution in [0.1, 0.15) is 25.8 Å². The molecule has 1 aromatic carbocycles. The fourth-order valence-electron chi connectivity index (χ4n) is 1.61. The van der Waals surface area contributed by atoms with Crippen LogP contribution in [0.3, 0.4) is 0 Å². The first-order valence-corrected chi connectivity index (χ1v) is 6.19. The highest BCUT2D eigenvalue weighted by Crippen LogP contribution is 2.16. The number of urea groups is 1. The number of imide groups is 1. The summed E-state index contributed by atoms with van der Waals surface area (Å²) < 4.78 is 5.66. The molecular weight excluding hydrogens is 244 g/mol. The van der Waals surface area contributed by atoms with Gasteiger partial charge in [-0.15, -0.1) is 0 Å². The standard InChI is InChI=1S/C14H16N2O3/c1-3-9(2)19-11-6-4-10(5-7-11)8-12-13(17)16-14(18)15-12/h4-9H,3H2,1-2H3,(H2,15,16,17,18)/b12-8+. The van der Waals surface area contributed by atoms with Gasteiger partial charge in [0.1, 0.15) is 11.4 Å². The van der Waals surface area contributed by atoms with Gasteiger partial charge in [-0.05, 0) is 37.1 Å². The van der Waals surface area contributed by atoms with Crippen LogP contribution in [-0.4, -0.2) is 18.0 Å². The molecule has 2 rings (SSSR count). The summed E-state index contributed by atoms with van der Waals surface area (Å²) in [7, 11) is 0. The maximum Gasteiger partial charge on any atom is 0.326 e. The van der Waals surface area contributed by atoms with Crippen molar-refractivity contribution in [2.24, 2.45) is 0 Å². The number of amides is 3. The van der Waals surface area contributed by atoms with Crippen molar-refractivity contribution in [3.05, 3.63) is 35.5 Å². The van der Waals surface area contributed by atoms with Gasteiger partial charge in [-0.25, -0.2) is 4.79 Å². The van der Waals surface area contributed by atoms with Crippen molar-refractivity contribution >= 4 is 18.0 Å². The van der Waals surface area contributed by atoms with Gasteiger partial charge in [0, 0.05) is 0 Å². The molecule has 5 nitrogen and oxygen atoms in total. The van der Waals surface area contributed by atoms with Crippen LogP contribution in [0.15, 0.2) is 30.0 Å². The van der Waals surface area contributed by atoms with Crippen LogP contribution in [0.4, 0.5) is 4.79 Å².